The van der Waals surface area contributed by atoms with E-state index in [4.69, 9.17) is 0 Å². The number of hydrogen-bond donors (Lipinski definition) is 1. The average Bonchev–Trinajstić information content (AvgIpc) is 2.79. The fourth-order valence-electron chi connectivity index (χ4n) is 2.47. The third kappa shape index (κ3) is 2.42. The molecule has 2 aromatic carbocycles. The van der Waals surface area contributed by atoms with Gasteiger partial charge in [-0.15, -0.1) is 0 Å². The lowest BCUT2D eigenvalue weighted by Gasteiger charge is -2.14. The quantitative estimate of drug-likeness (QED) is 0.715. The predicted molar refractivity (Wildman–Crippen MR) is 84.9 cm³/mol. The molecule has 3 rings (SSSR count). The van der Waals surface area contributed by atoms with Gasteiger partial charge >= 0.3 is 0 Å². The minimum atomic E-state index is -0.319. The van der Waals surface area contributed by atoms with Crippen molar-refractivity contribution >= 4 is 27.0 Å². The monoisotopic (exact) mass is 348 g/mol. The molecule has 0 radical (unpaired) electrons. The number of phenolic OH excluding ortho intramolecular Hbond substituents is 1. The molecule has 5 heteroatoms. The second-order valence-electron chi connectivity index (χ2n) is 5.19. The van der Waals surface area contributed by atoms with Crippen LogP contribution >= 0.6 is 15.9 Å². The Labute approximate surface area is 130 Å². The van der Waals surface area contributed by atoms with Gasteiger partial charge in [0, 0.05) is 16.6 Å². The van der Waals surface area contributed by atoms with E-state index >= 15 is 0 Å². The van der Waals surface area contributed by atoms with E-state index in [1.807, 2.05) is 24.5 Å². The van der Waals surface area contributed by atoms with Crippen molar-refractivity contribution in [2.45, 2.75) is 19.9 Å². The maximum atomic E-state index is 13.4. The van der Waals surface area contributed by atoms with Crippen LogP contribution in [-0.2, 0) is 0 Å². The third-order valence-corrected chi connectivity index (χ3v) is 3.86. The van der Waals surface area contributed by atoms with Gasteiger partial charge in [-0.3, -0.25) is 0 Å². The first kappa shape index (κ1) is 14.1. The summed E-state index contributed by atoms with van der Waals surface area (Å²) in [6, 6.07) is 9.88. The maximum absolute atomic E-state index is 13.4. The molecule has 0 fully saturated rings. The molecule has 0 atom stereocenters. The van der Waals surface area contributed by atoms with Crippen molar-refractivity contribution < 1.29 is 9.50 Å². The Morgan fingerprint density at radius 3 is 2.67 bits per heavy atom. The minimum Gasteiger partial charge on any atom is -0.507 e. The molecule has 0 bridgehead atoms. The molecule has 1 N–H and O–H groups in total. The van der Waals surface area contributed by atoms with E-state index in [9.17, 15) is 9.50 Å². The lowest BCUT2D eigenvalue weighted by Crippen LogP contribution is -2.03. The summed E-state index contributed by atoms with van der Waals surface area (Å²) in [6.45, 7) is 4.06. The lowest BCUT2D eigenvalue weighted by molar-refractivity contribution is 0.476. The van der Waals surface area contributed by atoms with E-state index < -0.39 is 0 Å². The zero-order valence-electron chi connectivity index (χ0n) is 11.6. The Morgan fingerprint density at radius 2 is 1.95 bits per heavy atom. The smallest absolute Gasteiger partial charge is 0.145 e. The molecule has 0 aliphatic carbocycles. The number of aromatic hydroxyl groups is 1. The summed E-state index contributed by atoms with van der Waals surface area (Å²) in [7, 11) is 0. The van der Waals surface area contributed by atoms with Gasteiger partial charge in [0.05, 0.1) is 16.6 Å². The van der Waals surface area contributed by atoms with E-state index in [0.29, 0.717) is 16.9 Å². The molecular weight excluding hydrogens is 335 g/mol. The Hall–Kier alpha value is -1.88. The van der Waals surface area contributed by atoms with Crippen LogP contribution in [0.3, 0.4) is 0 Å². The van der Waals surface area contributed by atoms with Gasteiger partial charge in [-0.1, -0.05) is 15.9 Å². The van der Waals surface area contributed by atoms with Crippen LogP contribution < -0.4 is 0 Å². The van der Waals surface area contributed by atoms with Gasteiger partial charge in [0.15, 0.2) is 0 Å². The number of nitrogens with zero attached hydrogens (tertiary/aromatic N) is 2. The van der Waals surface area contributed by atoms with Crippen molar-refractivity contribution in [2.24, 2.45) is 0 Å². The number of imidazole rings is 1. The Bertz CT molecular complexity index is 827. The zero-order chi connectivity index (χ0) is 15.1. The fraction of sp³-hybridized carbons (Fsp3) is 0.188. The van der Waals surface area contributed by atoms with Crippen LogP contribution in [0.25, 0.3) is 22.4 Å². The predicted octanol–water partition coefficient (Wildman–Crippen LogP) is 4.89. The number of rotatable bonds is 2. The molecule has 0 unspecified atom stereocenters. The van der Waals surface area contributed by atoms with Crippen molar-refractivity contribution in [1.82, 2.24) is 9.55 Å². The van der Waals surface area contributed by atoms with Crippen LogP contribution in [0.4, 0.5) is 4.39 Å². The van der Waals surface area contributed by atoms with Gasteiger partial charge in [0.25, 0.3) is 0 Å². The van der Waals surface area contributed by atoms with Crippen LogP contribution in [0.5, 0.6) is 5.75 Å². The van der Waals surface area contributed by atoms with Gasteiger partial charge < -0.3 is 9.67 Å². The van der Waals surface area contributed by atoms with E-state index in [2.05, 4.69) is 20.9 Å². The van der Waals surface area contributed by atoms with Gasteiger partial charge in [-0.25, -0.2) is 9.37 Å². The highest BCUT2D eigenvalue weighted by Crippen LogP contribution is 2.35. The summed E-state index contributed by atoms with van der Waals surface area (Å²) in [5.74, 6) is 0.459. The first-order valence-electron chi connectivity index (χ1n) is 6.63. The highest BCUT2D eigenvalue weighted by atomic mass is 79.9. The summed E-state index contributed by atoms with van der Waals surface area (Å²) in [4.78, 5) is 4.51. The molecule has 0 spiro atoms. The molecule has 0 amide bonds. The molecule has 108 valence electrons. The van der Waals surface area contributed by atoms with Crippen LogP contribution in [0, 0.1) is 5.82 Å². The molecule has 0 aliphatic rings. The van der Waals surface area contributed by atoms with Crippen molar-refractivity contribution in [1.29, 1.82) is 0 Å². The normalized spacial score (nSPS) is 11.5. The van der Waals surface area contributed by atoms with E-state index in [1.54, 1.807) is 18.2 Å². The first-order chi connectivity index (χ1) is 9.97. The topological polar surface area (TPSA) is 38.0 Å². The van der Waals surface area contributed by atoms with Crippen LogP contribution in [0.2, 0.25) is 0 Å². The van der Waals surface area contributed by atoms with Crippen molar-refractivity contribution in [3.63, 3.8) is 0 Å². The number of hydrogen-bond acceptors (Lipinski definition) is 2. The lowest BCUT2D eigenvalue weighted by atomic mass is 10.2. The number of aromatic nitrogens is 2. The molecule has 1 aromatic heterocycles. The molecule has 3 nitrogen and oxygen atoms in total. The number of halogens is 2. The van der Waals surface area contributed by atoms with E-state index in [0.717, 1.165) is 9.99 Å². The molecule has 0 saturated carbocycles. The third-order valence-electron chi connectivity index (χ3n) is 3.37. The summed E-state index contributed by atoms with van der Waals surface area (Å²) in [5.41, 5.74) is 2.05. The molecule has 0 aliphatic heterocycles. The van der Waals surface area contributed by atoms with Gasteiger partial charge in [0.2, 0.25) is 0 Å². The molecule has 0 saturated heterocycles. The van der Waals surface area contributed by atoms with E-state index in [1.165, 1.54) is 12.1 Å². The average molecular weight is 349 g/mol. The standard InChI is InChI=1S/C16H14BrFN2O/c1-9(2)20-14-5-4-11(18)8-13(14)19-16(20)12-7-10(17)3-6-15(12)21/h3-9,21H,1-2H3. The number of benzene rings is 2. The Balaban J connectivity index is 2.36. The number of phenols is 1. The Morgan fingerprint density at radius 1 is 1.19 bits per heavy atom. The zero-order valence-corrected chi connectivity index (χ0v) is 13.2. The molecule has 21 heavy (non-hydrogen) atoms. The van der Waals surface area contributed by atoms with Crippen molar-refractivity contribution in [3.8, 4) is 17.1 Å². The second-order valence-corrected chi connectivity index (χ2v) is 6.11. The van der Waals surface area contributed by atoms with Gasteiger partial charge in [-0.2, -0.15) is 0 Å². The summed E-state index contributed by atoms with van der Waals surface area (Å²) in [5, 5.41) is 10.1. The van der Waals surface area contributed by atoms with Gasteiger partial charge in [-0.05, 0) is 44.2 Å². The SMILES string of the molecule is CC(C)n1c(-c2cc(Br)ccc2O)nc2cc(F)ccc21. The largest absolute Gasteiger partial charge is 0.507 e. The summed E-state index contributed by atoms with van der Waals surface area (Å²) < 4.78 is 16.3. The number of fused-ring (bicyclic) bond motifs is 1. The molecular formula is C16H14BrFN2O. The van der Waals surface area contributed by atoms with Crippen LogP contribution in [-0.4, -0.2) is 14.7 Å². The summed E-state index contributed by atoms with van der Waals surface area (Å²) in [6.07, 6.45) is 0. The fourth-order valence-corrected chi connectivity index (χ4v) is 2.83. The van der Waals surface area contributed by atoms with Gasteiger partial charge in [0.1, 0.15) is 17.4 Å². The Kier molecular flexibility index (Phi) is 3.45. The van der Waals surface area contributed by atoms with Crippen LogP contribution in [0.1, 0.15) is 19.9 Å². The highest BCUT2D eigenvalue weighted by Gasteiger charge is 2.18. The second kappa shape index (κ2) is 5.15. The minimum absolute atomic E-state index is 0.133. The van der Waals surface area contributed by atoms with E-state index in [-0.39, 0.29) is 17.6 Å². The van der Waals surface area contributed by atoms with Crippen LogP contribution in [0.15, 0.2) is 40.9 Å². The highest BCUT2D eigenvalue weighted by molar-refractivity contribution is 9.10. The first-order valence-corrected chi connectivity index (χ1v) is 7.43. The maximum Gasteiger partial charge on any atom is 0.145 e. The molecule has 3 aromatic rings. The summed E-state index contributed by atoms with van der Waals surface area (Å²) >= 11 is 3.40. The van der Waals surface area contributed by atoms with Crippen molar-refractivity contribution in [3.05, 3.63) is 46.7 Å². The molecule has 1 heterocycles. The van der Waals surface area contributed by atoms with Crippen molar-refractivity contribution in [2.75, 3.05) is 0 Å².